The third-order valence-corrected chi connectivity index (χ3v) is 14.8. The third kappa shape index (κ3) is 12.3. The average molecular weight is 1270 g/mol. The van der Waals surface area contributed by atoms with Gasteiger partial charge in [-0.15, -0.1) is 0 Å². The summed E-state index contributed by atoms with van der Waals surface area (Å²) in [5.74, 6) is -5.04. The molecule has 15 heteroatoms. The van der Waals surface area contributed by atoms with Crippen molar-refractivity contribution in [3.8, 4) is 0 Å². The molecule has 12 nitrogen and oxygen atoms in total. The van der Waals surface area contributed by atoms with Gasteiger partial charge >= 0.3 is 7.12 Å². The molecule has 2 aliphatic heterocycles. The Kier molecular flexibility index (Phi) is 20.1. The molecule has 1 aliphatic carbocycles. The van der Waals surface area contributed by atoms with E-state index in [1.165, 1.54) is 41.4 Å². The van der Waals surface area contributed by atoms with Crippen LogP contribution in [0.5, 0.6) is 0 Å². The van der Waals surface area contributed by atoms with Crippen molar-refractivity contribution in [3.05, 3.63) is 274 Å². The number of carbonyl (C=O) groups excluding carboxylic acids is 5. The Hall–Kier alpha value is -7.94. The molecule has 1 fully saturated rings. The molecule has 1 N–H and O–H groups in total. The minimum Gasteiger partial charge on any atom is -0.549 e. The van der Waals surface area contributed by atoms with Gasteiger partial charge in [-0.25, -0.2) is 0 Å². The fraction of sp³-hybridized carbons (Fsp3) is 0.149. The molecule has 3 atom stereocenters. The number of carboxylic acid groups (broad SMARTS) is 2. The molecule has 3 aliphatic rings. The van der Waals surface area contributed by atoms with Gasteiger partial charge in [-0.05, 0) is 83.7 Å². The van der Waals surface area contributed by atoms with Gasteiger partial charge in [-0.3, -0.25) is 19.3 Å². The maximum atomic E-state index is 16.3. The minimum atomic E-state index is -2.78. The van der Waals surface area contributed by atoms with E-state index >= 15 is 24.3 Å². The molecule has 420 valence electrons. The number of amides is 1. The van der Waals surface area contributed by atoms with E-state index in [1.807, 2.05) is 66.7 Å². The summed E-state index contributed by atoms with van der Waals surface area (Å²) in [6.07, 6.45) is 14.3. The zero-order chi connectivity index (χ0) is 56.5. The average Bonchev–Trinajstić information content (AvgIpc) is 1.01. The summed E-state index contributed by atoms with van der Waals surface area (Å²) in [5, 5.41) is 33.2. The Morgan fingerprint density at radius 3 is 1.26 bits per heavy atom. The van der Waals surface area contributed by atoms with Crippen molar-refractivity contribution in [2.75, 3.05) is 13.2 Å². The van der Waals surface area contributed by atoms with Crippen molar-refractivity contribution < 1.29 is 88.8 Å². The van der Waals surface area contributed by atoms with E-state index in [2.05, 4.69) is 5.32 Å². The Labute approximate surface area is 506 Å². The summed E-state index contributed by atoms with van der Waals surface area (Å²) in [7, 11) is -1.83. The zero-order valence-corrected chi connectivity index (χ0v) is 48.6. The monoisotopic (exact) mass is 1270 g/mol. The van der Waals surface area contributed by atoms with Crippen molar-refractivity contribution in [2.24, 2.45) is 11.3 Å². The molecular weight excluding hydrogens is 1210 g/mol. The summed E-state index contributed by atoms with van der Waals surface area (Å²) in [6.45, 7) is 6.29. The fourth-order valence-electron chi connectivity index (χ4n) is 11.5. The first-order valence-corrected chi connectivity index (χ1v) is 26.3. The molecule has 3 unspecified atom stereocenters. The Morgan fingerprint density at radius 2 is 0.890 bits per heavy atom. The van der Waals surface area contributed by atoms with Crippen LogP contribution < -0.4 is 15.5 Å². The van der Waals surface area contributed by atoms with Crippen molar-refractivity contribution in [2.45, 2.75) is 38.9 Å². The second-order valence-corrected chi connectivity index (χ2v) is 20.6. The predicted octanol–water partition coefficient (Wildman–Crippen LogP) is 9.74. The van der Waals surface area contributed by atoms with Gasteiger partial charge in [0.1, 0.15) is 5.54 Å². The Bertz CT molecular complexity index is 3430. The van der Waals surface area contributed by atoms with Crippen LogP contribution in [0.3, 0.4) is 0 Å². The number of ketones is 3. The number of hydrogen-bond donors (Lipinski definition) is 1. The van der Waals surface area contributed by atoms with Crippen LogP contribution in [0.15, 0.2) is 241 Å². The molecule has 82 heavy (non-hydrogen) atoms. The predicted molar refractivity (Wildman–Crippen MR) is 308 cm³/mol. The van der Waals surface area contributed by atoms with Crippen molar-refractivity contribution in [3.63, 3.8) is 0 Å². The molecule has 1 saturated heterocycles. The van der Waals surface area contributed by atoms with Crippen LogP contribution in [0.2, 0.25) is 0 Å². The van der Waals surface area contributed by atoms with E-state index in [1.54, 1.807) is 173 Å². The van der Waals surface area contributed by atoms with E-state index in [4.69, 9.17) is 9.31 Å². The first-order valence-electron chi connectivity index (χ1n) is 26.3. The second kappa shape index (κ2) is 26.8. The quantitative estimate of drug-likeness (QED) is 0.0495. The van der Waals surface area contributed by atoms with Crippen LogP contribution in [0, 0.1) is 11.3 Å². The first kappa shape index (κ1) is 61.7. The second-order valence-electron chi connectivity index (χ2n) is 20.6. The summed E-state index contributed by atoms with van der Waals surface area (Å²) >= 11 is 0. The van der Waals surface area contributed by atoms with Crippen LogP contribution in [0.1, 0.15) is 61.1 Å². The third-order valence-electron chi connectivity index (χ3n) is 14.8. The number of carbonyl (C=O) groups is 5. The standard InChI is InChI=1S/C67H60BN3O9.2Pd/c1-65(2)54(63(75)76)38-39-55-62(65)66(3,4)71(64(77)78,58(47-53-33-21-10-22-34-53)61(74)42-37-50-27-15-7-16-28-50)67(69-55,68-79-43-44-80-68)70(56(45-51-29-17-8-18-30-51)59(72)40-35-48-23-11-5-12-24-48)57(46-52-31-19-9-20-32-52)60(73)41-36-49-25-13-6-14-26-49;;/h5-42,45-47,54,69H,43-44H2,1-4H3,(H-,75,76,77,78);;/p-1. The van der Waals surface area contributed by atoms with Crippen LogP contribution in [0.25, 0.3) is 36.5 Å². The Morgan fingerprint density at radius 1 is 0.537 bits per heavy atom. The molecule has 1 amide bonds. The van der Waals surface area contributed by atoms with E-state index < -0.39 is 69.3 Å². The minimum absolute atomic E-state index is 0. The number of benzene rings is 6. The number of quaternary nitrogens is 1. The number of nitrogens with one attached hydrogen (secondary N) is 1. The maximum Gasteiger partial charge on any atom is 0.584 e. The summed E-state index contributed by atoms with van der Waals surface area (Å²) in [4.78, 5) is 79.5. The zero-order valence-electron chi connectivity index (χ0n) is 45.4. The molecule has 0 bridgehead atoms. The molecule has 0 spiro atoms. The van der Waals surface area contributed by atoms with Gasteiger partial charge in [0, 0.05) is 75.5 Å². The summed E-state index contributed by atoms with van der Waals surface area (Å²) in [6, 6.07) is 53.5. The molecule has 6 aromatic carbocycles. The molecule has 0 saturated carbocycles. The first-order chi connectivity index (χ1) is 38.6. The van der Waals surface area contributed by atoms with E-state index in [0.29, 0.717) is 33.4 Å². The van der Waals surface area contributed by atoms with Gasteiger partial charge in [-0.1, -0.05) is 220 Å². The number of carboxylic acids is 1. The van der Waals surface area contributed by atoms with Gasteiger partial charge in [0.15, 0.2) is 5.70 Å². The van der Waals surface area contributed by atoms with Gasteiger partial charge in [0.05, 0.1) is 24.6 Å². The molecular formula is C67H59BN3O9Pd2-. The number of allylic oxidation sites excluding steroid dienone is 4. The van der Waals surface area contributed by atoms with Crippen molar-refractivity contribution >= 4 is 73.0 Å². The van der Waals surface area contributed by atoms with E-state index in [-0.39, 0.29) is 76.7 Å². The van der Waals surface area contributed by atoms with Crippen molar-refractivity contribution in [1.82, 2.24) is 10.2 Å². The van der Waals surface area contributed by atoms with Gasteiger partial charge < -0.3 is 34.4 Å². The topological polar surface area (TPSA) is 165 Å². The van der Waals surface area contributed by atoms with E-state index in [0.717, 1.165) is 0 Å². The number of rotatable bonds is 18. The maximum absolute atomic E-state index is 16.3. The van der Waals surface area contributed by atoms with Crippen molar-refractivity contribution in [1.29, 1.82) is 0 Å². The van der Waals surface area contributed by atoms with Gasteiger partial charge in [-0.2, -0.15) is 4.48 Å². The number of nitrogens with zero attached hydrogens (tertiary/aromatic N) is 2. The van der Waals surface area contributed by atoms with Crippen LogP contribution >= 0.6 is 0 Å². The normalized spacial score (nSPS) is 20.4. The fourth-order valence-corrected chi connectivity index (χ4v) is 11.5. The summed E-state index contributed by atoms with van der Waals surface area (Å²) < 4.78 is 11.8. The molecule has 0 aromatic heterocycles. The summed E-state index contributed by atoms with van der Waals surface area (Å²) in [5.41, 5.74) is -3.71. The Balaban J connectivity index is 0.00000484. The number of aliphatic carboxylic acids is 1. The van der Waals surface area contributed by atoms with E-state index in [9.17, 15) is 9.90 Å². The van der Waals surface area contributed by atoms with Crippen LogP contribution in [-0.4, -0.2) is 70.4 Å². The molecule has 0 radical (unpaired) electrons. The largest absolute Gasteiger partial charge is 0.584 e. The number of hydrogen-bond acceptors (Lipinski definition) is 11. The van der Waals surface area contributed by atoms with Crippen LogP contribution in [-0.2, 0) is 69.3 Å². The molecule has 6 aromatic rings. The SMILES string of the molecule is CC1(C)C2=C(C=CC1C(=O)[O-])NC(B1OCCO1)(N(C(=Cc1ccccc1)C(=O)C=Cc1ccccc1)C(=Cc1ccccc1)C(=O)C=Cc1ccccc1)[N+](C(=O)[O-])(C(=Cc1ccccc1)C(=O)C=Cc1ccccc1)C2(C)C.[Pd].[Pd]. The van der Waals surface area contributed by atoms with Gasteiger partial charge in [0.2, 0.25) is 17.3 Å². The smallest absolute Gasteiger partial charge is 0.549 e. The van der Waals surface area contributed by atoms with Crippen LogP contribution in [0.4, 0.5) is 4.79 Å². The van der Waals surface area contributed by atoms with Gasteiger partial charge in [0.25, 0.3) is 11.8 Å². The molecule has 2 heterocycles. The molecule has 9 rings (SSSR count).